The number of hydrogen-bond acceptors (Lipinski definition) is 4. The van der Waals surface area contributed by atoms with Gasteiger partial charge in [-0.3, -0.25) is 0 Å². The van der Waals surface area contributed by atoms with Crippen LogP contribution in [0.15, 0.2) is 12.2 Å². The van der Waals surface area contributed by atoms with Gasteiger partial charge in [0.2, 0.25) is 0 Å². The van der Waals surface area contributed by atoms with Gasteiger partial charge in [0.15, 0.2) is 0 Å². The molecule has 0 N–H and O–H groups in total. The fraction of sp³-hybridized carbons (Fsp3) is 0.556. The van der Waals surface area contributed by atoms with Crippen molar-refractivity contribution in [3.05, 3.63) is 18.0 Å². The number of aromatic nitrogens is 2. The zero-order valence-corrected chi connectivity index (χ0v) is 8.38. The van der Waals surface area contributed by atoms with Crippen LogP contribution in [-0.4, -0.2) is 16.0 Å². The summed E-state index contributed by atoms with van der Waals surface area (Å²) in [5, 5.41) is 0.699. The highest BCUT2D eigenvalue weighted by molar-refractivity contribution is 7.07. The van der Waals surface area contributed by atoms with E-state index in [9.17, 15) is 0 Å². The normalized spacial score (nSPS) is 16.7. The average Bonchev–Trinajstić information content (AvgIpc) is 2.71. The zero-order valence-electron chi connectivity index (χ0n) is 7.56. The minimum absolute atomic E-state index is 0.643. The highest BCUT2D eigenvalue weighted by atomic mass is 32.1. The quantitative estimate of drug-likeness (QED) is 0.695. The number of rotatable bonds is 3. The van der Waals surface area contributed by atoms with Crippen LogP contribution >= 0.6 is 11.5 Å². The van der Waals surface area contributed by atoms with Crippen molar-refractivity contribution in [3.63, 3.8) is 0 Å². The molecule has 0 bridgehead atoms. The third-order valence-corrected chi connectivity index (χ3v) is 2.78. The van der Waals surface area contributed by atoms with Crippen LogP contribution in [0.2, 0.25) is 0 Å². The Hall–Kier alpha value is -0.900. The molecule has 1 aromatic rings. The molecule has 0 atom stereocenters. The average molecular weight is 196 g/mol. The Balaban J connectivity index is 1.79. The molecule has 1 aliphatic carbocycles. The largest absolute Gasteiger partial charge is 0.469 e. The Morgan fingerprint density at radius 3 is 2.92 bits per heavy atom. The Bertz CT molecular complexity index is 300. The molecule has 0 amide bonds. The summed E-state index contributed by atoms with van der Waals surface area (Å²) in [5.41, 5.74) is 0. The number of ether oxygens (including phenoxy) is 1. The predicted molar refractivity (Wildman–Crippen MR) is 52.0 cm³/mol. The molecule has 0 aliphatic heterocycles. The van der Waals surface area contributed by atoms with Crippen LogP contribution in [0.25, 0.3) is 0 Å². The maximum absolute atomic E-state index is 5.52. The lowest BCUT2D eigenvalue weighted by Gasteiger charge is -2.07. The first kappa shape index (κ1) is 8.69. The molecule has 0 saturated carbocycles. The maximum atomic E-state index is 5.52. The lowest BCUT2D eigenvalue weighted by atomic mass is 10.1. The Kier molecular flexibility index (Phi) is 2.59. The molecule has 13 heavy (non-hydrogen) atoms. The second-order valence-electron chi connectivity index (χ2n) is 3.23. The van der Waals surface area contributed by atoms with Gasteiger partial charge in [-0.1, -0.05) is 12.2 Å². The SMILES string of the molecule is Cc1nsc(OCC2CC=CC2)n1. The molecule has 0 radical (unpaired) electrons. The first-order chi connectivity index (χ1) is 6.34. The smallest absolute Gasteiger partial charge is 0.293 e. The van der Waals surface area contributed by atoms with Crippen LogP contribution in [0, 0.1) is 12.8 Å². The molecule has 3 nitrogen and oxygen atoms in total. The van der Waals surface area contributed by atoms with E-state index >= 15 is 0 Å². The summed E-state index contributed by atoms with van der Waals surface area (Å²) in [6, 6.07) is 0. The minimum atomic E-state index is 0.643. The van der Waals surface area contributed by atoms with E-state index in [4.69, 9.17) is 4.74 Å². The van der Waals surface area contributed by atoms with Crippen LogP contribution in [0.3, 0.4) is 0 Å². The van der Waals surface area contributed by atoms with E-state index in [1.807, 2.05) is 6.92 Å². The van der Waals surface area contributed by atoms with Gasteiger partial charge in [0.1, 0.15) is 5.82 Å². The summed E-state index contributed by atoms with van der Waals surface area (Å²) in [7, 11) is 0. The van der Waals surface area contributed by atoms with E-state index in [0.29, 0.717) is 11.1 Å². The number of aryl methyl sites for hydroxylation is 1. The van der Waals surface area contributed by atoms with E-state index in [1.165, 1.54) is 11.5 Å². The lowest BCUT2D eigenvalue weighted by molar-refractivity contribution is 0.255. The first-order valence-electron chi connectivity index (χ1n) is 4.42. The summed E-state index contributed by atoms with van der Waals surface area (Å²) in [6.45, 7) is 2.64. The van der Waals surface area contributed by atoms with Crippen LogP contribution in [-0.2, 0) is 0 Å². The standard InChI is InChI=1S/C9H12N2OS/c1-7-10-9(13-11-7)12-6-8-4-2-3-5-8/h2-3,8H,4-6H2,1H3. The van der Waals surface area contributed by atoms with Crippen molar-refractivity contribution < 1.29 is 4.74 Å². The highest BCUT2D eigenvalue weighted by Crippen LogP contribution is 2.20. The fourth-order valence-electron chi connectivity index (χ4n) is 1.34. The number of allylic oxidation sites excluding steroid dienone is 2. The monoisotopic (exact) mass is 196 g/mol. The van der Waals surface area contributed by atoms with Crippen LogP contribution in [0.1, 0.15) is 18.7 Å². The summed E-state index contributed by atoms with van der Waals surface area (Å²) in [5.74, 6) is 1.44. The van der Waals surface area contributed by atoms with Crippen LogP contribution in [0.4, 0.5) is 0 Å². The molecule has 0 fully saturated rings. The Morgan fingerprint density at radius 2 is 2.31 bits per heavy atom. The van der Waals surface area contributed by atoms with E-state index in [1.54, 1.807) is 0 Å². The van der Waals surface area contributed by atoms with Crippen molar-refractivity contribution in [2.75, 3.05) is 6.61 Å². The Morgan fingerprint density at radius 1 is 1.54 bits per heavy atom. The molecule has 1 aromatic heterocycles. The predicted octanol–water partition coefficient (Wildman–Crippen LogP) is 2.19. The van der Waals surface area contributed by atoms with Gasteiger partial charge in [-0.25, -0.2) is 0 Å². The van der Waals surface area contributed by atoms with Crippen molar-refractivity contribution in [1.82, 2.24) is 9.36 Å². The van der Waals surface area contributed by atoms with Crippen molar-refractivity contribution in [2.45, 2.75) is 19.8 Å². The topological polar surface area (TPSA) is 35.0 Å². The van der Waals surface area contributed by atoms with Gasteiger partial charge in [0.25, 0.3) is 5.19 Å². The molecular formula is C9H12N2OS. The summed E-state index contributed by atoms with van der Waals surface area (Å²) in [4.78, 5) is 4.14. The van der Waals surface area contributed by atoms with Crippen molar-refractivity contribution >= 4 is 11.5 Å². The van der Waals surface area contributed by atoms with E-state index < -0.39 is 0 Å². The van der Waals surface area contributed by atoms with Crippen LogP contribution in [0.5, 0.6) is 5.19 Å². The number of nitrogens with zero attached hydrogens (tertiary/aromatic N) is 2. The van der Waals surface area contributed by atoms with Crippen molar-refractivity contribution in [1.29, 1.82) is 0 Å². The van der Waals surface area contributed by atoms with Gasteiger partial charge in [-0.2, -0.15) is 9.36 Å². The minimum Gasteiger partial charge on any atom is -0.469 e. The highest BCUT2D eigenvalue weighted by Gasteiger charge is 2.11. The van der Waals surface area contributed by atoms with Gasteiger partial charge >= 0.3 is 0 Å². The van der Waals surface area contributed by atoms with Gasteiger partial charge in [0.05, 0.1) is 6.61 Å². The molecule has 4 heteroatoms. The zero-order chi connectivity index (χ0) is 9.10. The molecule has 1 aliphatic rings. The fourth-order valence-corrected chi connectivity index (χ4v) is 1.88. The second-order valence-corrected chi connectivity index (χ2v) is 3.94. The lowest BCUT2D eigenvalue weighted by Crippen LogP contribution is -2.08. The van der Waals surface area contributed by atoms with Gasteiger partial charge in [0, 0.05) is 11.5 Å². The van der Waals surface area contributed by atoms with Gasteiger partial charge in [-0.05, 0) is 25.7 Å². The van der Waals surface area contributed by atoms with Crippen molar-refractivity contribution in [2.24, 2.45) is 5.92 Å². The van der Waals surface area contributed by atoms with E-state index in [2.05, 4.69) is 21.5 Å². The third-order valence-electron chi connectivity index (χ3n) is 2.06. The molecule has 0 aromatic carbocycles. The second kappa shape index (κ2) is 3.87. The Labute approximate surface area is 81.6 Å². The molecule has 70 valence electrons. The molecule has 0 spiro atoms. The van der Waals surface area contributed by atoms with Crippen molar-refractivity contribution in [3.8, 4) is 5.19 Å². The first-order valence-corrected chi connectivity index (χ1v) is 5.20. The van der Waals surface area contributed by atoms with Crippen LogP contribution < -0.4 is 4.74 Å². The summed E-state index contributed by atoms with van der Waals surface area (Å²) >= 11 is 1.33. The van der Waals surface area contributed by atoms with Gasteiger partial charge in [-0.15, -0.1) is 0 Å². The van der Waals surface area contributed by atoms with Gasteiger partial charge < -0.3 is 4.74 Å². The summed E-state index contributed by atoms with van der Waals surface area (Å²) < 4.78 is 9.57. The summed E-state index contributed by atoms with van der Waals surface area (Å²) in [6.07, 6.45) is 6.69. The maximum Gasteiger partial charge on any atom is 0.293 e. The van der Waals surface area contributed by atoms with E-state index in [0.717, 1.165) is 25.3 Å². The third kappa shape index (κ3) is 2.28. The molecule has 0 saturated heterocycles. The number of hydrogen-bond donors (Lipinski definition) is 0. The molecule has 2 rings (SSSR count). The molecular weight excluding hydrogens is 184 g/mol. The molecule has 0 unspecified atom stereocenters. The molecule has 1 heterocycles. The van der Waals surface area contributed by atoms with E-state index in [-0.39, 0.29) is 0 Å².